The quantitative estimate of drug-likeness (QED) is 0.191. The number of piperidine rings is 1. The normalized spacial score (nSPS) is 14.9. The Balaban J connectivity index is 1.49. The number of H-pyrrole nitrogens is 1. The molecule has 0 bridgehead atoms. The Kier molecular flexibility index (Phi) is 7.68. The predicted molar refractivity (Wildman–Crippen MR) is 154 cm³/mol. The van der Waals surface area contributed by atoms with Gasteiger partial charge in [0.25, 0.3) is 5.91 Å². The van der Waals surface area contributed by atoms with Crippen molar-refractivity contribution in [2.75, 3.05) is 20.1 Å². The standard InChI is InChI=1S/C31H32N4O5/c1-18-15-21(9-10-23(18)29(36)34-40-22-11-13-35(3)14-12-22)32-28(20-7-5-4-6-8-20)27-25-16-19(2)24(31(38)39)17-26(25)33-30(27)37/h4-10,15-17,22,33,37H,11-14H2,1-3H3,(H,34,36)(H,38,39). The highest BCUT2D eigenvalue weighted by Crippen LogP contribution is 2.33. The van der Waals surface area contributed by atoms with Gasteiger partial charge in [0.15, 0.2) is 5.88 Å². The van der Waals surface area contributed by atoms with Crippen molar-refractivity contribution in [2.45, 2.75) is 32.8 Å². The number of fused-ring (bicyclic) bond motifs is 1. The summed E-state index contributed by atoms with van der Waals surface area (Å²) in [6.07, 6.45) is 1.73. The van der Waals surface area contributed by atoms with Crippen LogP contribution in [0.2, 0.25) is 0 Å². The number of aromatic amines is 1. The lowest BCUT2D eigenvalue weighted by atomic mass is 9.98. The van der Waals surface area contributed by atoms with Crippen LogP contribution in [0.4, 0.5) is 5.69 Å². The molecule has 1 aliphatic rings. The number of aromatic carboxylic acids is 1. The van der Waals surface area contributed by atoms with E-state index in [1.807, 2.05) is 43.3 Å². The summed E-state index contributed by atoms with van der Waals surface area (Å²) in [5.41, 5.74) is 7.37. The molecule has 1 amide bonds. The molecule has 0 spiro atoms. The number of aliphatic imine (C=N–C) groups is 1. The van der Waals surface area contributed by atoms with Crippen molar-refractivity contribution in [3.05, 3.63) is 94.0 Å². The number of carbonyl (C=O) groups is 2. The molecule has 9 heteroatoms. The predicted octanol–water partition coefficient (Wildman–Crippen LogP) is 5.11. The second-order valence-corrected chi connectivity index (χ2v) is 10.2. The molecular formula is C31H32N4O5. The molecule has 0 saturated carbocycles. The first-order valence-corrected chi connectivity index (χ1v) is 13.2. The van der Waals surface area contributed by atoms with Crippen LogP contribution in [-0.4, -0.2) is 63.9 Å². The molecule has 1 aliphatic heterocycles. The molecule has 9 nitrogen and oxygen atoms in total. The Hall–Kier alpha value is -4.47. The zero-order valence-electron chi connectivity index (χ0n) is 22.7. The number of aromatic hydroxyl groups is 1. The second-order valence-electron chi connectivity index (χ2n) is 10.2. The SMILES string of the molecule is Cc1cc2c(C(=Nc3ccc(C(=O)NOC4CCN(C)CC4)c(C)c3)c3ccccc3)c(O)[nH]c2cc1C(=O)O. The lowest BCUT2D eigenvalue weighted by Gasteiger charge is -2.28. The number of nitrogens with zero attached hydrogens (tertiary/aromatic N) is 2. The smallest absolute Gasteiger partial charge is 0.336 e. The van der Waals surface area contributed by atoms with E-state index in [2.05, 4.69) is 22.4 Å². The van der Waals surface area contributed by atoms with Crippen molar-refractivity contribution in [1.29, 1.82) is 0 Å². The number of benzene rings is 3. The van der Waals surface area contributed by atoms with Gasteiger partial charge in [-0.1, -0.05) is 30.3 Å². The van der Waals surface area contributed by atoms with Gasteiger partial charge in [0.05, 0.1) is 28.6 Å². The lowest BCUT2D eigenvalue weighted by molar-refractivity contribution is -0.0400. The number of carbonyl (C=O) groups excluding carboxylic acids is 1. The zero-order chi connectivity index (χ0) is 28.4. The molecule has 4 aromatic rings. The summed E-state index contributed by atoms with van der Waals surface area (Å²) in [7, 11) is 2.07. The monoisotopic (exact) mass is 540 g/mol. The molecule has 206 valence electrons. The molecule has 0 unspecified atom stereocenters. The van der Waals surface area contributed by atoms with Crippen LogP contribution < -0.4 is 5.48 Å². The maximum atomic E-state index is 12.9. The summed E-state index contributed by atoms with van der Waals surface area (Å²) in [5, 5.41) is 21.2. The van der Waals surface area contributed by atoms with Gasteiger partial charge in [0.1, 0.15) is 0 Å². The molecule has 1 fully saturated rings. The third-order valence-corrected chi connectivity index (χ3v) is 7.32. The van der Waals surface area contributed by atoms with Gasteiger partial charge in [-0.05, 0) is 75.2 Å². The van der Waals surface area contributed by atoms with E-state index in [4.69, 9.17) is 9.83 Å². The summed E-state index contributed by atoms with van der Waals surface area (Å²) in [5.74, 6) is -1.46. The average molecular weight is 541 g/mol. The first kappa shape index (κ1) is 27.1. The third-order valence-electron chi connectivity index (χ3n) is 7.32. The number of hydroxylamine groups is 1. The topological polar surface area (TPSA) is 127 Å². The fraction of sp³-hybridized carbons (Fsp3) is 0.258. The number of nitrogens with one attached hydrogen (secondary N) is 2. The van der Waals surface area contributed by atoms with Gasteiger partial charge < -0.3 is 20.1 Å². The fourth-order valence-corrected chi connectivity index (χ4v) is 5.06. The fourth-order valence-electron chi connectivity index (χ4n) is 5.06. The largest absolute Gasteiger partial charge is 0.494 e. The van der Waals surface area contributed by atoms with Crippen LogP contribution in [0.1, 0.15) is 55.8 Å². The highest BCUT2D eigenvalue weighted by atomic mass is 16.7. The van der Waals surface area contributed by atoms with Crippen LogP contribution in [0.5, 0.6) is 5.88 Å². The highest BCUT2D eigenvalue weighted by molar-refractivity contribution is 6.22. The van der Waals surface area contributed by atoms with Crippen LogP contribution in [0, 0.1) is 13.8 Å². The van der Waals surface area contributed by atoms with E-state index in [9.17, 15) is 19.8 Å². The van der Waals surface area contributed by atoms with Gasteiger partial charge in [0, 0.05) is 35.1 Å². The van der Waals surface area contributed by atoms with Crippen LogP contribution in [-0.2, 0) is 4.84 Å². The summed E-state index contributed by atoms with van der Waals surface area (Å²) in [4.78, 5) is 40.2. The number of carboxylic acids is 1. The molecular weight excluding hydrogens is 508 g/mol. The Labute approximate surface area is 232 Å². The molecule has 1 aromatic heterocycles. The number of aromatic nitrogens is 1. The number of carboxylic acid groups (broad SMARTS) is 1. The molecule has 3 aromatic carbocycles. The number of hydrogen-bond donors (Lipinski definition) is 4. The van der Waals surface area contributed by atoms with E-state index in [-0.39, 0.29) is 23.5 Å². The van der Waals surface area contributed by atoms with Crippen molar-refractivity contribution in [1.82, 2.24) is 15.4 Å². The lowest BCUT2D eigenvalue weighted by Crippen LogP contribution is -2.38. The van der Waals surface area contributed by atoms with Crippen molar-refractivity contribution in [3.8, 4) is 5.88 Å². The Morgan fingerprint density at radius 3 is 2.38 bits per heavy atom. The van der Waals surface area contributed by atoms with Gasteiger partial charge in [-0.2, -0.15) is 0 Å². The molecule has 2 heterocycles. The minimum absolute atomic E-state index is 0.00294. The number of likely N-dealkylation sites (tertiary alicyclic amines) is 1. The van der Waals surface area contributed by atoms with Crippen LogP contribution in [0.15, 0.2) is 65.7 Å². The van der Waals surface area contributed by atoms with E-state index in [1.165, 1.54) is 6.07 Å². The number of hydrogen-bond acceptors (Lipinski definition) is 6. The molecule has 0 aliphatic carbocycles. The van der Waals surface area contributed by atoms with Crippen molar-refractivity contribution < 1.29 is 24.6 Å². The van der Waals surface area contributed by atoms with E-state index in [1.54, 1.807) is 25.1 Å². The molecule has 1 saturated heterocycles. The maximum absolute atomic E-state index is 12.9. The highest BCUT2D eigenvalue weighted by Gasteiger charge is 2.22. The first-order chi connectivity index (χ1) is 19.2. The van der Waals surface area contributed by atoms with Crippen molar-refractivity contribution >= 4 is 34.2 Å². The molecule has 0 atom stereocenters. The van der Waals surface area contributed by atoms with Crippen LogP contribution in [0.3, 0.4) is 0 Å². The van der Waals surface area contributed by atoms with Gasteiger partial charge >= 0.3 is 5.97 Å². The summed E-state index contributed by atoms with van der Waals surface area (Å²) in [6, 6.07) is 18.0. The average Bonchev–Trinajstić information content (AvgIpc) is 3.25. The van der Waals surface area contributed by atoms with Crippen LogP contribution >= 0.6 is 0 Å². The van der Waals surface area contributed by atoms with E-state index < -0.39 is 5.97 Å². The minimum atomic E-state index is -1.04. The van der Waals surface area contributed by atoms with Crippen molar-refractivity contribution in [2.24, 2.45) is 4.99 Å². The van der Waals surface area contributed by atoms with E-state index in [0.29, 0.717) is 39.0 Å². The first-order valence-electron chi connectivity index (χ1n) is 13.2. The minimum Gasteiger partial charge on any atom is -0.494 e. The molecule has 4 N–H and O–H groups in total. The molecule has 40 heavy (non-hydrogen) atoms. The third kappa shape index (κ3) is 5.61. The summed E-state index contributed by atoms with van der Waals surface area (Å²) in [6.45, 7) is 5.43. The van der Waals surface area contributed by atoms with Crippen molar-refractivity contribution in [3.63, 3.8) is 0 Å². The Bertz CT molecular complexity index is 1600. The zero-order valence-corrected chi connectivity index (χ0v) is 22.7. The summed E-state index contributed by atoms with van der Waals surface area (Å²) < 4.78 is 0. The van der Waals surface area contributed by atoms with Gasteiger partial charge in [-0.15, -0.1) is 0 Å². The van der Waals surface area contributed by atoms with Gasteiger partial charge in [-0.3, -0.25) is 9.63 Å². The second kappa shape index (κ2) is 11.3. The number of rotatable bonds is 7. The number of aryl methyl sites for hydroxylation is 2. The Morgan fingerprint density at radius 2 is 1.70 bits per heavy atom. The molecule has 0 radical (unpaired) electrons. The van der Waals surface area contributed by atoms with Gasteiger partial charge in [0.2, 0.25) is 0 Å². The van der Waals surface area contributed by atoms with E-state index >= 15 is 0 Å². The number of amides is 1. The maximum Gasteiger partial charge on any atom is 0.336 e. The van der Waals surface area contributed by atoms with E-state index in [0.717, 1.165) is 37.1 Å². The van der Waals surface area contributed by atoms with Gasteiger partial charge in [-0.25, -0.2) is 15.3 Å². The van der Waals surface area contributed by atoms with Crippen LogP contribution in [0.25, 0.3) is 10.9 Å². The molecule has 5 rings (SSSR count). The Morgan fingerprint density at radius 1 is 1.00 bits per heavy atom. The summed E-state index contributed by atoms with van der Waals surface area (Å²) >= 11 is 0.